The van der Waals surface area contributed by atoms with E-state index >= 15 is 0 Å². The molecule has 1 aliphatic rings. The number of imide groups is 1. The number of nitrogens with zero attached hydrogens (tertiary/aromatic N) is 4. The van der Waals surface area contributed by atoms with Crippen LogP contribution in [-0.4, -0.2) is 38.5 Å². The number of aryl methyl sites for hydroxylation is 2. The van der Waals surface area contributed by atoms with E-state index in [4.69, 9.17) is 4.52 Å². The monoisotopic (exact) mass is 315 g/mol. The van der Waals surface area contributed by atoms with Gasteiger partial charge in [-0.15, -0.1) is 0 Å². The number of rotatable bonds is 4. The molecule has 8 heteroatoms. The van der Waals surface area contributed by atoms with Crippen molar-refractivity contribution in [3.05, 3.63) is 41.3 Å². The van der Waals surface area contributed by atoms with Gasteiger partial charge < -0.3 is 9.84 Å². The van der Waals surface area contributed by atoms with Crippen LogP contribution in [0.3, 0.4) is 0 Å². The van der Waals surface area contributed by atoms with E-state index in [0.717, 1.165) is 11.3 Å². The first kappa shape index (κ1) is 15.1. The van der Waals surface area contributed by atoms with E-state index in [1.807, 2.05) is 13.8 Å². The molecule has 8 nitrogen and oxygen atoms in total. The van der Waals surface area contributed by atoms with Crippen LogP contribution in [0.5, 0.6) is 0 Å². The standard InChI is InChI=1S/C15H17N5O3/c1-9-11(10(2)23-19-9)4-7-20-13(21)15(3,18-14(20)22)12-8-16-5-6-17-12/h5-6,8H,4,7H2,1-3H3,(H,18,22). The molecule has 120 valence electrons. The van der Waals surface area contributed by atoms with Crippen LogP contribution >= 0.6 is 0 Å². The Morgan fingerprint density at radius 1 is 1.30 bits per heavy atom. The molecule has 23 heavy (non-hydrogen) atoms. The average Bonchev–Trinajstić information content (AvgIpc) is 2.97. The van der Waals surface area contributed by atoms with Gasteiger partial charge in [0.15, 0.2) is 5.54 Å². The Bertz CT molecular complexity index is 738. The summed E-state index contributed by atoms with van der Waals surface area (Å²) >= 11 is 0. The van der Waals surface area contributed by atoms with Crippen molar-refractivity contribution in [1.82, 2.24) is 25.3 Å². The van der Waals surface area contributed by atoms with Crippen molar-refractivity contribution < 1.29 is 14.1 Å². The van der Waals surface area contributed by atoms with E-state index in [1.165, 1.54) is 23.5 Å². The fourth-order valence-electron chi connectivity index (χ4n) is 2.71. The highest BCUT2D eigenvalue weighted by molar-refractivity contribution is 6.06. The smallest absolute Gasteiger partial charge is 0.325 e. The van der Waals surface area contributed by atoms with Crippen LogP contribution in [0.1, 0.15) is 29.6 Å². The third kappa shape index (κ3) is 2.45. The molecule has 1 aliphatic heterocycles. The summed E-state index contributed by atoms with van der Waals surface area (Å²) < 4.78 is 5.10. The van der Waals surface area contributed by atoms with Crippen LogP contribution in [-0.2, 0) is 16.8 Å². The molecule has 1 N–H and O–H groups in total. The molecule has 3 amide bonds. The van der Waals surface area contributed by atoms with Gasteiger partial charge in [0.2, 0.25) is 0 Å². The zero-order valence-electron chi connectivity index (χ0n) is 13.2. The van der Waals surface area contributed by atoms with Crippen molar-refractivity contribution in [2.45, 2.75) is 32.7 Å². The van der Waals surface area contributed by atoms with E-state index in [-0.39, 0.29) is 12.5 Å². The van der Waals surface area contributed by atoms with Crippen molar-refractivity contribution in [2.24, 2.45) is 0 Å². The average molecular weight is 315 g/mol. The van der Waals surface area contributed by atoms with Crippen LogP contribution in [0.15, 0.2) is 23.1 Å². The first-order chi connectivity index (χ1) is 10.9. The van der Waals surface area contributed by atoms with Gasteiger partial charge in [-0.1, -0.05) is 5.16 Å². The number of carbonyl (C=O) groups is 2. The minimum Gasteiger partial charge on any atom is -0.361 e. The molecule has 1 fully saturated rings. The second-order valence-electron chi connectivity index (χ2n) is 5.66. The number of hydrogen-bond donors (Lipinski definition) is 1. The molecule has 1 saturated heterocycles. The molecule has 0 radical (unpaired) electrons. The van der Waals surface area contributed by atoms with Crippen LogP contribution in [0.2, 0.25) is 0 Å². The molecule has 2 aromatic rings. The van der Waals surface area contributed by atoms with Gasteiger partial charge in [-0.3, -0.25) is 19.7 Å². The molecule has 0 aromatic carbocycles. The molecule has 3 heterocycles. The Morgan fingerprint density at radius 2 is 2.09 bits per heavy atom. The summed E-state index contributed by atoms with van der Waals surface area (Å²) in [5.74, 6) is 0.362. The Kier molecular flexibility index (Phi) is 3.59. The molecule has 0 bridgehead atoms. The summed E-state index contributed by atoms with van der Waals surface area (Å²) in [5, 5.41) is 6.58. The minimum atomic E-state index is -1.19. The topological polar surface area (TPSA) is 101 Å². The van der Waals surface area contributed by atoms with Crippen LogP contribution in [0.25, 0.3) is 0 Å². The van der Waals surface area contributed by atoms with Gasteiger partial charge in [-0.25, -0.2) is 4.79 Å². The number of carbonyl (C=O) groups excluding carboxylic acids is 2. The maximum Gasteiger partial charge on any atom is 0.325 e. The van der Waals surface area contributed by atoms with Gasteiger partial charge in [0.25, 0.3) is 5.91 Å². The molecule has 0 spiro atoms. The highest BCUT2D eigenvalue weighted by Crippen LogP contribution is 2.27. The molecular formula is C15H17N5O3. The molecule has 0 aliphatic carbocycles. The third-order valence-electron chi connectivity index (χ3n) is 4.12. The van der Waals surface area contributed by atoms with Crippen molar-refractivity contribution in [3.8, 4) is 0 Å². The van der Waals surface area contributed by atoms with Crippen LogP contribution in [0.4, 0.5) is 4.79 Å². The Balaban J connectivity index is 1.80. The van der Waals surface area contributed by atoms with E-state index in [1.54, 1.807) is 6.92 Å². The highest BCUT2D eigenvalue weighted by atomic mass is 16.5. The second-order valence-corrected chi connectivity index (χ2v) is 5.66. The molecular weight excluding hydrogens is 298 g/mol. The van der Waals surface area contributed by atoms with E-state index in [9.17, 15) is 9.59 Å². The van der Waals surface area contributed by atoms with Gasteiger partial charge >= 0.3 is 6.03 Å². The Morgan fingerprint density at radius 3 is 2.70 bits per heavy atom. The third-order valence-corrected chi connectivity index (χ3v) is 4.12. The fourth-order valence-corrected chi connectivity index (χ4v) is 2.71. The lowest BCUT2D eigenvalue weighted by atomic mass is 9.98. The summed E-state index contributed by atoms with van der Waals surface area (Å²) in [7, 11) is 0. The number of urea groups is 1. The lowest BCUT2D eigenvalue weighted by molar-refractivity contribution is -0.131. The number of nitrogens with one attached hydrogen (secondary N) is 1. The molecule has 1 atom stereocenters. The predicted molar refractivity (Wildman–Crippen MR) is 79.3 cm³/mol. The minimum absolute atomic E-state index is 0.253. The SMILES string of the molecule is Cc1noc(C)c1CCN1C(=O)NC(C)(c2cnccn2)C1=O. The molecule has 0 saturated carbocycles. The number of aromatic nitrogens is 3. The van der Waals surface area contributed by atoms with Crippen molar-refractivity contribution >= 4 is 11.9 Å². The van der Waals surface area contributed by atoms with Gasteiger partial charge in [-0.2, -0.15) is 0 Å². The summed E-state index contributed by atoms with van der Waals surface area (Å²) in [4.78, 5) is 34.2. The van der Waals surface area contributed by atoms with E-state index in [2.05, 4.69) is 20.4 Å². The number of hydrogen-bond acceptors (Lipinski definition) is 6. The first-order valence-corrected chi connectivity index (χ1v) is 7.26. The first-order valence-electron chi connectivity index (χ1n) is 7.26. The zero-order chi connectivity index (χ0) is 16.6. The lowest BCUT2D eigenvalue weighted by Gasteiger charge is -2.20. The second kappa shape index (κ2) is 5.45. The van der Waals surface area contributed by atoms with E-state index < -0.39 is 11.6 Å². The Labute approximate surface area is 132 Å². The van der Waals surface area contributed by atoms with Gasteiger partial charge in [0.1, 0.15) is 5.76 Å². The highest BCUT2D eigenvalue weighted by Gasteiger charge is 2.50. The van der Waals surface area contributed by atoms with E-state index in [0.29, 0.717) is 17.9 Å². The summed E-state index contributed by atoms with van der Waals surface area (Å²) in [6.45, 7) is 5.53. The van der Waals surface area contributed by atoms with Gasteiger partial charge in [0.05, 0.1) is 17.6 Å². The fraction of sp³-hybridized carbons (Fsp3) is 0.400. The number of amides is 3. The van der Waals surface area contributed by atoms with Crippen LogP contribution in [0, 0.1) is 13.8 Å². The maximum absolute atomic E-state index is 12.7. The normalized spacial score (nSPS) is 20.9. The lowest BCUT2D eigenvalue weighted by Crippen LogP contribution is -2.42. The van der Waals surface area contributed by atoms with Crippen molar-refractivity contribution in [1.29, 1.82) is 0 Å². The van der Waals surface area contributed by atoms with Gasteiger partial charge in [0, 0.05) is 24.5 Å². The summed E-state index contributed by atoms with van der Waals surface area (Å²) in [6, 6.07) is -0.435. The largest absolute Gasteiger partial charge is 0.361 e. The molecule has 3 rings (SSSR count). The maximum atomic E-state index is 12.7. The van der Waals surface area contributed by atoms with Gasteiger partial charge in [-0.05, 0) is 27.2 Å². The summed E-state index contributed by atoms with van der Waals surface area (Å²) in [5.41, 5.74) is 0.910. The van der Waals surface area contributed by atoms with Crippen molar-refractivity contribution in [3.63, 3.8) is 0 Å². The van der Waals surface area contributed by atoms with Crippen LogP contribution < -0.4 is 5.32 Å². The zero-order valence-corrected chi connectivity index (χ0v) is 13.2. The molecule has 1 unspecified atom stereocenters. The Hall–Kier alpha value is -2.77. The molecule has 2 aromatic heterocycles. The predicted octanol–water partition coefficient (Wildman–Crippen LogP) is 1.09. The van der Waals surface area contributed by atoms with Crippen molar-refractivity contribution in [2.75, 3.05) is 6.54 Å². The summed E-state index contributed by atoms with van der Waals surface area (Å²) in [6.07, 6.45) is 4.99. The quantitative estimate of drug-likeness (QED) is 0.848.